The van der Waals surface area contributed by atoms with E-state index in [1.165, 1.54) is 5.69 Å². The number of aromatic nitrogens is 3. The minimum absolute atomic E-state index is 0.0194. The molecule has 1 spiro atoms. The number of hydrogen-bond acceptors (Lipinski definition) is 5. The maximum absolute atomic E-state index is 12.7. The van der Waals surface area contributed by atoms with Crippen molar-refractivity contribution >= 4 is 5.91 Å². The third-order valence-electron chi connectivity index (χ3n) is 6.49. The summed E-state index contributed by atoms with van der Waals surface area (Å²) < 4.78 is 7.41. The normalized spacial score (nSPS) is 24.1. The van der Waals surface area contributed by atoms with Gasteiger partial charge in [0.2, 0.25) is 5.91 Å². The summed E-state index contributed by atoms with van der Waals surface area (Å²) in [5.74, 6) is 1.10. The van der Waals surface area contributed by atoms with Gasteiger partial charge in [0.25, 0.3) is 0 Å². The summed E-state index contributed by atoms with van der Waals surface area (Å²) in [7, 11) is 2.04. The molecule has 0 bridgehead atoms. The molecular weight excluding hydrogens is 342 g/mol. The van der Waals surface area contributed by atoms with Crippen LogP contribution in [-0.4, -0.2) is 49.0 Å². The molecule has 2 fully saturated rings. The summed E-state index contributed by atoms with van der Waals surface area (Å²) in [5.41, 5.74) is 3.18. The second-order valence-corrected chi connectivity index (χ2v) is 8.13. The number of likely N-dealkylation sites (tertiary alicyclic amines) is 2. The van der Waals surface area contributed by atoms with Crippen molar-refractivity contribution in [2.75, 3.05) is 13.1 Å². The van der Waals surface area contributed by atoms with Crippen molar-refractivity contribution in [3.05, 3.63) is 35.2 Å². The van der Waals surface area contributed by atoms with Crippen LogP contribution in [0, 0.1) is 13.8 Å². The highest BCUT2D eigenvalue weighted by Crippen LogP contribution is 2.40. The second-order valence-electron chi connectivity index (χ2n) is 8.13. The molecule has 2 aliphatic heterocycles. The zero-order chi connectivity index (χ0) is 19.0. The summed E-state index contributed by atoms with van der Waals surface area (Å²) in [6, 6.07) is 0. The van der Waals surface area contributed by atoms with Crippen LogP contribution in [0.15, 0.2) is 17.0 Å². The molecule has 0 saturated carbocycles. The van der Waals surface area contributed by atoms with E-state index in [-0.39, 0.29) is 11.4 Å². The van der Waals surface area contributed by atoms with E-state index >= 15 is 0 Å². The van der Waals surface area contributed by atoms with Crippen LogP contribution in [0.5, 0.6) is 0 Å². The first kappa shape index (κ1) is 18.2. The largest absolute Gasteiger partial charge is 0.361 e. The highest BCUT2D eigenvalue weighted by Gasteiger charge is 2.46. The lowest BCUT2D eigenvalue weighted by Crippen LogP contribution is -2.46. The van der Waals surface area contributed by atoms with Crippen LogP contribution < -0.4 is 0 Å². The summed E-state index contributed by atoms with van der Waals surface area (Å²) >= 11 is 0. The van der Waals surface area contributed by atoms with Crippen molar-refractivity contribution in [1.29, 1.82) is 0 Å². The molecule has 2 aliphatic rings. The first-order chi connectivity index (χ1) is 13.0. The molecule has 1 amide bonds. The molecule has 2 saturated heterocycles. The van der Waals surface area contributed by atoms with Crippen LogP contribution in [0.4, 0.5) is 0 Å². The van der Waals surface area contributed by atoms with Crippen molar-refractivity contribution < 1.29 is 9.32 Å². The average molecular weight is 371 g/mol. The smallest absolute Gasteiger partial charge is 0.223 e. The van der Waals surface area contributed by atoms with Crippen LogP contribution in [-0.2, 0) is 24.9 Å². The van der Waals surface area contributed by atoms with Gasteiger partial charge in [-0.15, -0.1) is 0 Å². The SMILES string of the molecule is Cc1noc(C)c1CN1C(=O)CC[C@]12CCCN(Cc1cncn1C)CC2. The fourth-order valence-electron chi connectivity index (χ4n) is 4.69. The maximum Gasteiger partial charge on any atom is 0.223 e. The van der Waals surface area contributed by atoms with Gasteiger partial charge in [0.1, 0.15) is 5.76 Å². The van der Waals surface area contributed by atoms with Crippen LogP contribution >= 0.6 is 0 Å². The number of amides is 1. The molecule has 0 unspecified atom stereocenters. The van der Waals surface area contributed by atoms with Crippen molar-refractivity contribution in [1.82, 2.24) is 24.5 Å². The summed E-state index contributed by atoms with van der Waals surface area (Å²) in [5, 5.41) is 4.07. The highest BCUT2D eigenvalue weighted by atomic mass is 16.5. The Labute approximate surface area is 160 Å². The fraction of sp³-hybridized carbons (Fsp3) is 0.650. The molecule has 4 rings (SSSR count). The highest BCUT2D eigenvalue weighted by molar-refractivity contribution is 5.79. The molecule has 2 aromatic rings. The Bertz CT molecular complexity index is 807. The van der Waals surface area contributed by atoms with Crippen LogP contribution in [0.2, 0.25) is 0 Å². The van der Waals surface area contributed by atoms with Gasteiger partial charge in [0.05, 0.1) is 24.3 Å². The molecule has 7 nitrogen and oxygen atoms in total. The molecule has 146 valence electrons. The molecule has 0 aliphatic carbocycles. The van der Waals surface area contributed by atoms with Crippen molar-refractivity contribution in [2.24, 2.45) is 7.05 Å². The standard InChI is InChI=1S/C20H29N5O2/c1-15-18(16(2)27-22-15)13-25-19(26)5-7-20(25)6-4-9-24(10-8-20)12-17-11-21-14-23(17)3/h11,14H,4-10,12-13H2,1-3H3/t20-/m0/s1. The molecule has 0 N–H and O–H groups in total. The van der Waals surface area contributed by atoms with Gasteiger partial charge in [-0.1, -0.05) is 5.16 Å². The number of hydrogen-bond donors (Lipinski definition) is 0. The number of imidazole rings is 1. The maximum atomic E-state index is 12.7. The van der Waals surface area contributed by atoms with Crippen molar-refractivity contribution in [2.45, 2.75) is 64.6 Å². The molecule has 0 radical (unpaired) electrons. The van der Waals surface area contributed by atoms with Gasteiger partial charge >= 0.3 is 0 Å². The van der Waals surface area contributed by atoms with Gasteiger partial charge in [-0.05, 0) is 46.1 Å². The number of rotatable bonds is 4. The van der Waals surface area contributed by atoms with Gasteiger partial charge in [-0.3, -0.25) is 9.69 Å². The van der Waals surface area contributed by atoms with Gasteiger partial charge < -0.3 is 14.0 Å². The summed E-state index contributed by atoms with van der Waals surface area (Å²) in [6.07, 6.45) is 8.65. The predicted molar refractivity (Wildman–Crippen MR) is 101 cm³/mol. The zero-order valence-corrected chi connectivity index (χ0v) is 16.6. The Morgan fingerprint density at radius 1 is 1.19 bits per heavy atom. The zero-order valence-electron chi connectivity index (χ0n) is 16.6. The monoisotopic (exact) mass is 371 g/mol. The third-order valence-corrected chi connectivity index (χ3v) is 6.49. The molecule has 1 atom stereocenters. The molecule has 2 aromatic heterocycles. The minimum atomic E-state index is -0.0194. The Morgan fingerprint density at radius 2 is 2.04 bits per heavy atom. The van der Waals surface area contributed by atoms with Crippen LogP contribution in [0.3, 0.4) is 0 Å². The lowest BCUT2D eigenvalue weighted by Gasteiger charge is -2.38. The molecule has 27 heavy (non-hydrogen) atoms. The lowest BCUT2D eigenvalue weighted by molar-refractivity contribution is -0.132. The van der Waals surface area contributed by atoms with E-state index in [9.17, 15) is 4.79 Å². The van der Waals surface area contributed by atoms with Crippen LogP contribution in [0.25, 0.3) is 0 Å². The fourth-order valence-corrected chi connectivity index (χ4v) is 4.69. The summed E-state index contributed by atoms with van der Waals surface area (Å²) in [6.45, 7) is 7.52. The topological polar surface area (TPSA) is 67.4 Å². The average Bonchev–Trinajstić information content (AvgIpc) is 3.22. The second kappa shape index (κ2) is 7.11. The Hall–Kier alpha value is -2.15. The summed E-state index contributed by atoms with van der Waals surface area (Å²) in [4.78, 5) is 21.6. The van der Waals surface area contributed by atoms with Gasteiger partial charge in [-0.2, -0.15) is 0 Å². The first-order valence-corrected chi connectivity index (χ1v) is 9.88. The molecule has 0 aromatic carbocycles. The third kappa shape index (κ3) is 3.40. The van der Waals surface area contributed by atoms with Crippen molar-refractivity contribution in [3.8, 4) is 0 Å². The van der Waals surface area contributed by atoms with Gasteiger partial charge in [0.15, 0.2) is 0 Å². The lowest BCUT2D eigenvalue weighted by atomic mass is 9.87. The van der Waals surface area contributed by atoms with E-state index in [1.54, 1.807) is 0 Å². The number of aryl methyl sites for hydroxylation is 3. The van der Waals surface area contributed by atoms with E-state index in [4.69, 9.17) is 4.52 Å². The first-order valence-electron chi connectivity index (χ1n) is 9.88. The van der Waals surface area contributed by atoms with E-state index in [2.05, 4.69) is 24.5 Å². The number of nitrogens with zero attached hydrogens (tertiary/aromatic N) is 5. The Morgan fingerprint density at radius 3 is 2.74 bits per heavy atom. The van der Waals surface area contributed by atoms with E-state index in [0.29, 0.717) is 13.0 Å². The molecule has 7 heteroatoms. The molecular formula is C20H29N5O2. The van der Waals surface area contributed by atoms with Crippen LogP contribution in [0.1, 0.15) is 54.8 Å². The predicted octanol–water partition coefficient (Wildman–Crippen LogP) is 2.57. The molecule has 4 heterocycles. The minimum Gasteiger partial charge on any atom is -0.361 e. The van der Waals surface area contributed by atoms with Gasteiger partial charge in [-0.25, -0.2) is 4.98 Å². The Balaban J connectivity index is 1.49. The number of carbonyl (C=O) groups is 1. The quantitative estimate of drug-likeness (QED) is 0.826. The van der Waals surface area contributed by atoms with E-state index in [0.717, 1.165) is 62.3 Å². The van der Waals surface area contributed by atoms with Gasteiger partial charge in [0, 0.05) is 43.9 Å². The van der Waals surface area contributed by atoms with Crippen molar-refractivity contribution in [3.63, 3.8) is 0 Å². The Kier molecular flexibility index (Phi) is 4.80. The van der Waals surface area contributed by atoms with E-state index < -0.39 is 0 Å². The number of carbonyl (C=O) groups excluding carboxylic acids is 1. The van der Waals surface area contributed by atoms with E-state index in [1.807, 2.05) is 33.4 Å².